The molecule has 0 amide bonds. The maximum atomic E-state index is 9.01. The smallest absolute Gasteiger partial charge is 0.103 e. The standard InChI is InChI=1S/C13H17Cl2N3/c1-13(2,3)18-5-4-8-6-10(14)12(17)9(7-16)11(8)15/h6,18H,4-5,17H2,1-3H3. The molecule has 1 rings (SSSR count). The van der Waals surface area contributed by atoms with Crippen molar-refractivity contribution in [2.45, 2.75) is 32.7 Å². The third kappa shape index (κ3) is 3.78. The van der Waals surface area contributed by atoms with Crippen molar-refractivity contribution in [1.29, 1.82) is 5.26 Å². The Hall–Kier alpha value is -0.950. The third-order valence-electron chi connectivity index (χ3n) is 2.49. The SMILES string of the molecule is CC(C)(C)NCCc1cc(Cl)c(N)c(C#N)c1Cl. The first kappa shape index (κ1) is 15.1. The van der Waals surface area contributed by atoms with Gasteiger partial charge in [0.1, 0.15) is 6.07 Å². The summed E-state index contributed by atoms with van der Waals surface area (Å²) in [5.41, 5.74) is 7.09. The van der Waals surface area contributed by atoms with Crippen molar-refractivity contribution in [3.05, 3.63) is 27.2 Å². The Morgan fingerprint density at radius 2 is 2.00 bits per heavy atom. The fraction of sp³-hybridized carbons (Fsp3) is 0.462. The zero-order chi connectivity index (χ0) is 13.9. The van der Waals surface area contributed by atoms with E-state index in [9.17, 15) is 0 Å². The summed E-state index contributed by atoms with van der Waals surface area (Å²) in [5.74, 6) is 0. The minimum absolute atomic E-state index is 0.0438. The number of rotatable bonds is 3. The largest absolute Gasteiger partial charge is 0.396 e. The van der Waals surface area contributed by atoms with Crippen LogP contribution in [0.1, 0.15) is 31.9 Å². The van der Waals surface area contributed by atoms with Crippen molar-refractivity contribution in [2.75, 3.05) is 12.3 Å². The van der Waals surface area contributed by atoms with Crippen LogP contribution < -0.4 is 11.1 Å². The van der Waals surface area contributed by atoms with Gasteiger partial charge in [0.25, 0.3) is 0 Å². The number of nitrogens with zero attached hydrogens (tertiary/aromatic N) is 1. The van der Waals surface area contributed by atoms with Gasteiger partial charge in [0.2, 0.25) is 0 Å². The molecule has 3 N–H and O–H groups in total. The van der Waals surface area contributed by atoms with Gasteiger partial charge < -0.3 is 11.1 Å². The Bertz CT molecular complexity index is 484. The predicted molar refractivity (Wildman–Crippen MR) is 77.0 cm³/mol. The summed E-state index contributed by atoms with van der Waals surface area (Å²) >= 11 is 12.1. The third-order valence-corrected chi connectivity index (χ3v) is 3.23. The highest BCUT2D eigenvalue weighted by Gasteiger charge is 2.14. The molecule has 3 nitrogen and oxygen atoms in total. The Morgan fingerprint density at radius 3 is 2.50 bits per heavy atom. The molecular formula is C13H17Cl2N3. The van der Waals surface area contributed by atoms with Gasteiger partial charge in [0.15, 0.2) is 0 Å². The molecule has 0 aliphatic rings. The number of nitrogen functional groups attached to an aromatic ring is 1. The van der Waals surface area contributed by atoms with E-state index in [1.807, 2.05) is 6.07 Å². The van der Waals surface area contributed by atoms with Gasteiger partial charge >= 0.3 is 0 Å². The fourth-order valence-corrected chi connectivity index (χ4v) is 2.07. The molecule has 0 bridgehead atoms. The van der Waals surface area contributed by atoms with E-state index in [0.29, 0.717) is 16.5 Å². The lowest BCUT2D eigenvalue weighted by Crippen LogP contribution is -2.37. The maximum absolute atomic E-state index is 9.01. The Labute approximate surface area is 118 Å². The van der Waals surface area contributed by atoms with E-state index >= 15 is 0 Å². The molecule has 0 aliphatic heterocycles. The molecule has 0 fully saturated rings. The number of nitrogens with one attached hydrogen (secondary N) is 1. The van der Waals surface area contributed by atoms with Gasteiger partial charge in [-0.25, -0.2) is 0 Å². The van der Waals surface area contributed by atoms with E-state index in [4.69, 9.17) is 34.2 Å². The van der Waals surface area contributed by atoms with E-state index in [2.05, 4.69) is 26.1 Å². The molecule has 0 aromatic heterocycles. The van der Waals surface area contributed by atoms with Gasteiger partial charge in [-0.15, -0.1) is 0 Å². The van der Waals surface area contributed by atoms with Gasteiger partial charge in [0, 0.05) is 5.54 Å². The Balaban J connectivity index is 2.91. The predicted octanol–water partition coefficient (Wildman–Crippen LogP) is 3.38. The minimum Gasteiger partial charge on any atom is -0.396 e. The van der Waals surface area contributed by atoms with Gasteiger partial charge in [-0.05, 0) is 45.4 Å². The zero-order valence-electron chi connectivity index (χ0n) is 10.8. The molecule has 0 aliphatic carbocycles. The molecule has 0 unspecified atom stereocenters. The second-order valence-corrected chi connectivity index (χ2v) is 5.94. The molecule has 0 spiro atoms. The van der Waals surface area contributed by atoms with Crippen LogP contribution in [-0.4, -0.2) is 12.1 Å². The second-order valence-electron chi connectivity index (χ2n) is 5.16. The lowest BCUT2D eigenvalue weighted by atomic mass is 10.0. The van der Waals surface area contributed by atoms with Crippen LogP contribution in [0.2, 0.25) is 10.0 Å². The summed E-state index contributed by atoms with van der Waals surface area (Å²) in [6.07, 6.45) is 0.699. The molecule has 18 heavy (non-hydrogen) atoms. The van der Waals surface area contributed by atoms with Crippen molar-refractivity contribution in [3.63, 3.8) is 0 Å². The molecule has 1 aromatic rings. The van der Waals surface area contributed by atoms with Gasteiger partial charge in [-0.3, -0.25) is 0 Å². The molecule has 1 aromatic carbocycles. The molecule has 5 heteroatoms. The topological polar surface area (TPSA) is 61.8 Å². The number of nitrogens with two attached hydrogens (primary N) is 1. The average Bonchev–Trinajstić information content (AvgIpc) is 2.24. The Kier molecular flexibility index (Phi) is 4.86. The Morgan fingerprint density at radius 1 is 1.39 bits per heavy atom. The van der Waals surface area contributed by atoms with Crippen molar-refractivity contribution in [3.8, 4) is 6.07 Å². The molecule has 0 atom stereocenters. The summed E-state index contributed by atoms with van der Waals surface area (Å²) in [5, 5.41) is 13.1. The zero-order valence-corrected chi connectivity index (χ0v) is 12.3. The second kappa shape index (κ2) is 5.79. The van der Waals surface area contributed by atoms with Crippen LogP contribution in [0.4, 0.5) is 5.69 Å². The van der Waals surface area contributed by atoms with Gasteiger partial charge in [-0.1, -0.05) is 23.2 Å². The van der Waals surface area contributed by atoms with Crippen LogP contribution in [0, 0.1) is 11.3 Å². The number of benzene rings is 1. The first-order valence-corrected chi connectivity index (χ1v) is 6.43. The summed E-state index contributed by atoms with van der Waals surface area (Å²) in [6.45, 7) is 7.02. The highest BCUT2D eigenvalue weighted by molar-refractivity contribution is 6.36. The number of hydrogen-bond acceptors (Lipinski definition) is 3. The van der Waals surface area contributed by atoms with Gasteiger partial charge in [0.05, 0.1) is 21.3 Å². The lowest BCUT2D eigenvalue weighted by molar-refractivity contribution is 0.429. The molecule has 0 radical (unpaired) electrons. The lowest BCUT2D eigenvalue weighted by Gasteiger charge is -2.20. The number of halogens is 2. The molecule has 0 heterocycles. The summed E-state index contributed by atoms with van der Waals surface area (Å²) in [7, 11) is 0. The molecule has 0 saturated heterocycles. The summed E-state index contributed by atoms with van der Waals surface area (Å²) in [6, 6.07) is 3.72. The normalized spacial score (nSPS) is 11.3. The quantitative estimate of drug-likeness (QED) is 0.837. The number of anilines is 1. The van der Waals surface area contributed by atoms with Crippen molar-refractivity contribution in [1.82, 2.24) is 5.32 Å². The number of hydrogen-bond donors (Lipinski definition) is 2. The number of nitriles is 1. The van der Waals surface area contributed by atoms with E-state index in [1.165, 1.54) is 0 Å². The van der Waals surface area contributed by atoms with Crippen molar-refractivity contribution < 1.29 is 0 Å². The monoisotopic (exact) mass is 285 g/mol. The molecule has 0 saturated carbocycles. The van der Waals surface area contributed by atoms with E-state index in [-0.39, 0.29) is 16.8 Å². The van der Waals surface area contributed by atoms with E-state index in [0.717, 1.165) is 12.1 Å². The van der Waals surface area contributed by atoms with E-state index < -0.39 is 0 Å². The van der Waals surface area contributed by atoms with Crippen LogP contribution in [-0.2, 0) is 6.42 Å². The van der Waals surface area contributed by atoms with Crippen LogP contribution in [0.15, 0.2) is 6.07 Å². The van der Waals surface area contributed by atoms with Crippen LogP contribution in [0.3, 0.4) is 0 Å². The molecular weight excluding hydrogens is 269 g/mol. The first-order valence-electron chi connectivity index (χ1n) is 5.67. The minimum atomic E-state index is 0.0438. The molecule has 98 valence electrons. The van der Waals surface area contributed by atoms with Crippen LogP contribution in [0.5, 0.6) is 0 Å². The highest BCUT2D eigenvalue weighted by Crippen LogP contribution is 2.32. The first-order chi connectivity index (χ1) is 8.26. The van der Waals surface area contributed by atoms with Gasteiger partial charge in [-0.2, -0.15) is 5.26 Å². The van der Waals surface area contributed by atoms with Crippen molar-refractivity contribution >= 4 is 28.9 Å². The van der Waals surface area contributed by atoms with Crippen LogP contribution >= 0.6 is 23.2 Å². The van der Waals surface area contributed by atoms with Crippen molar-refractivity contribution in [2.24, 2.45) is 0 Å². The highest BCUT2D eigenvalue weighted by atomic mass is 35.5. The fourth-order valence-electron chi connectivity index (χ4n) is 1.56. The summed E-state index contributed by atoms with van der Waals surface area (Å²) in [4.78, 5) is 0. The average molecular weight is 286 g/mol. The summed E-state index contributed by atoms with van der Waals surface area (Å²) < 4.78 is 0. The van der Waals surface area contributed by atoms with E-state index in [1.54, 1.807) is 6.07 Å². The maximum Gasteiger partial charge on any atom is 0.103 e. The van der Waals surface area contributed by atoms with Crippen LogP contribution in [0.25, 0.3) is 0 Å².